The van der Waals surface area contributed by atoms with Crippen molar-refractivity contribution in [1.82, 2.24) is 0 Å². The lowest BCUT2D eigenvalue weighted by atomic mass is 10.2. The smallest absolute Gasteiger partial charge is 0.494 e. The SMILES string of the molecule is CC1=CCOC(C)=C1.F[B-](F)(F)F. The predicted octanol–water partition coefficient (Wildman–Crippen LogP) is 3.17. The quantitative estimate of drug-likeness (QED) is 0.428. The van der Waals surface area contributed by atoms with Gasteiger partial charge in [0.2, 0.25) is 0 Å². The van der Waals surface area contributed by atoms with Crippen molar-refractivity contribution in [1.29, 1.82) is 0 Å². The Kier molecular flexibility index (Phi) is 4.58. The van der Waals surface area contributed by atoms with Crippen LogP contribution in [0.4, 0.5) is 17.3 Å². The van der Waals surface area contributed by atoms with Crippen molar-refractivity contribution in [3.63, 3.8) is 0 Å². The predicted molar refractivity (Wildman–Crippen MR) is 43.7 cm³/mol. The Labute approximate surface area is 74.2 Å². The molecule has 0 unspecified atom stereocenters. The number of hydrogen-bond donors (Lipinski definition) is 0. The van der Waals surface area contributed by atoms with Gasteiger partial charge in [0.25, 0.3) is 0 Å². The van der Waals surface area contributed by atoms with E-state index in [0.29, 0.717) is 0 Å². The normalized spacial score (nSPS) is 16.2. The summed E-state index contributed by atoms with van der Waals surface area (Å²) in [5.41, 5.74) is 1.30. The molecule has 13 heavy (non-hydrogen) atoms. The van der Waals surface area contributed by atoms with Gasteiger partial charge in [0.05, 0.1) is 5.76 Å². The van der Waals surface area contributed by atoms with Crippen LogP contribution in [0, 0.1) is 0 Å². The van der Waals surface area contributed by atoms with E-state index in [-0.39, 0.29) is 0 Å². The van der Waals surface area contributed by atoms with E-state index in [1.165, 1.54) is 5.57 Å². The number of hydrogen-bond acceptors (Lipinski definition) is 1. The van der Waals surface area contributed by atoms with E-state index in [1.807, 2.05) is 13.0 Å². The van der Waals surface area contributed by atoms with Gasteiger partial charge in [-0.3, -0.25) is 0 Å². The minimum Gasteiger partial charge on any atom is -0.494 e. The maximum Gasteiger partial charge on any atom is 0.673 e. The monoisotopic (exact) mass is 197 g/mol. The molecule has 1 aliphatic rings. The summed E-state index contributed by atoms with van der Waals surface area (Å²) in [5.74, 6) is 1.02. The Morgan fingerprint density at radius 3 is 1.92 bits per heavy atom. The molecular formula is C7H10BF4O-. The van der Waals surface area contributed by atoms with Crippen LogP contribution in [-0.4, -0.2) is 13.9 Å². The first-order chi connectivity index (χ1) is 5.79. The molecule has 1 aliphatic heterocycles. The molecule has 0 aliphatic carbocycles. The number of halogens is 4. The molecule has 0 N–H and O–H groups in total. The summed E-state index contributed by atoms with van der Waals surface area (Å²) in [4.78, 5) is 0. The molecule has 1 nitrogen and oxygen atoms in total. The number of allylic oxidation sites excluding steroid dienone is 3. The third kappa shape index (κ3) is 11.1. The van der Waals surface area contributed by atoms with Gasteiger partial charge in [-0.1, -0.05) is 0 Å². The summed E-state index contributed by atoms with van der Waals surface area (Å²) in [5, 5.41) is 0. The van der Waals surface area contributed by atoms with Gasteiger partial charge in [-0.05, 0) is 31.6 Å². The minimum absolute atomic E-state index is 0.744. The zero-order chi connectivity index (χ0) is 10.5. The molecule has 0 spiro atoms. The first kappa shape index (κ1) is 12.1. The van der Waals surface area contributed by atoms with E-state index in [0.717, 1.165) is 12.4 Å². The Morgan fingerprint density at radius 2 is 1.69 bits per heavy atom. The molecule has 0 aromatic rings. The van der Waals surface area contributed by atoms with E-state index in [1.54, 1.807) is 0 Å². The lowest BCUT2D eigenvalue weighted by molar-refractivity contribution is 0.244. The fourth-order valence-corrected chi connectivity index (χ4v) is 0.726. The maximum absolute atomic E-state index is 9.75. The average molecular weight is 197 g/mol. The fraction of sp³-hybridized carbons (Fsp3) is 0.429. The van der Waals surface area contributed by atoms with Gasteiger partial charge >= 0.3 is 7.25 Å². The average Bonchev–Trinajstić information content (AvgIpc) is 1.81. The van der Waals surface area contributed by atoms with E-state index in [4.69, 9.17) is 4.74 Å². The summed E-state index contributed by atoms with van der Waals surface area (Å²) >= 11 is 0. The molecule has 1 heterocycles. The van der Waals surface area contributed by atoms with E-state index in [2.05, 4.69) is 13.0 Å². The van der Waals surface area contributed by atoms with Crippen molar-refractivity contribution < 1.29 is 22.0 Å². The first-order valence-corrected chi connectivity index (χ1v) is 3.64. The van der Waals surface area contributed by atoms with Crippen molar-refractivity contribution in [3.8, 4) is 0 Å². The van der Waals surface area contributed by atoms with Crippen LogP contribution in [0.3, 0.4) is 0 Å². The third-order valence-corrected chi connectivity index (χ3v) is 1.15. The van der Waals surface area contributed by atoms with Gasteiger partial charge in [-0.2, -0.15) is 0 Å². The van der Waals surface area contributed by atoms with Crippen molar-refractivity contribution in [2.75, 3.05) is 6.61 Å². The highest BCUT2D eigenvalue weighted by Crippen LogP contribution is 2.08. The molecule has 0 bridgehead atoms. The Balaban J connectivity index is 0.000000252. The second kappa shape index (κ2) is 4.94. The molecular weight excluding hydrogens is 187 g/mol. The van der Waals surface area contributed by atoms with Crippen LogP contribution in [0.1, 0.15) is 13.8 Å². The highest BCUT2D eigenvalue weighted by molar-refractivity contribution is 6.50. The largest absolute Gasteiger partial charge is 0.673 e. The van der Waals surface area contributed by atoms with Crippen molar-refractivity contribution in [2.45, 2.75) is 13.8 Å². The van der Waals surface area contributed by atoms with Crippen LogP contribution in [0.5, 0.6) is 0 Å². The molecule has 0 saturated carbocycles. The Morgan fingerprint density at radius 1 is 1.23 bits per heavy atom. The lowest BCUT2D eigenvalue weighted by Gasteiger charge is -2.08. The fourth-order valence-electron chi connectivity index (χ4n) is 0.726. The van der Waals surface area contributed by atoms with Gasteiger partial charge in [-0.15, -0.1) is 0 Å². The summed E-state index contributed by atoms with van der Waals surface area (Å²) in [6.07, 6.45) is 4.09. The minimum atomic E-state index is -6.00. The van der Waals surface area contributed by atoms with E-state index < -0.39 is 7.25 Å². The van der Waals surface area contributed by atoms with Gasteiger partial charge in [-0.25, -0.2) is 0 Å². The van der Waals surface area contributed by atoms with Gasteiger partial charge < -0.3 is 22.0 Å². The summed E-state index contributed by atoms with van der Waals surface area (Å²) in [6, 6.07) is 0. The molecule has 76 valence electrons. The molecule has 0 radical (unpaired) electrons. The summed E-state index contributed by atoms with van der Waals surface area (Å²) < 4.78 is 44.1. The van der Waals surface area contributed by atoms with Gasteiger partial charge in [0, 0.05) is 0 Å². The molecule has 0 amide bonds. The molecule has 1 rings (SSSR count). The van der Waals surface area contributed by atoms with Crippen LogP contribution >= 0.6 is 0 Å². The van der Waals surface area contributed by atoms with E-state index in [9.17, 15) is 17.3 Å². The lowest BCUT2D eigenvalue weighted by Crippen LogP contribution is -2.02. The molecule has 0 saturated heterocycles. The summed E-state index contributed by atoms with van der Waals surface area (Å²) in [6.45, 7) is 4.79. The Hall–Kier alpha value is -0.935. The zero-order valence-corrected chi connectivity index (χ0v) is 7.36. The molecule has 0 aromatic heterocycles. The van der Waals surface area contributed by atoms with Crippen molar-refractivity contribution >= 4 is 7.25 Å². The highest BCUT2D eigenvalue weighted by atomic mass is 19.5. The van der Waals surface area contributed by atoms with Crippen LogP contribution in [0.25, 0.3) is 0 Å². The Bertz CT molecular complexity index is 213. The first-order valence-electron chi connectivity index (χ1n) is 3.64. The number of ether oxygens (including phenoxy) is 1. The van der Waals surface area contributed by atoms with Gasteiger partial charge in [0.1, 0.15) is 6.61 Å². The molecule has 0 atom stereocenters. The van der Waals surface area contributed by atoms with Crippen LogP contribution in [0.15, 0.2) is 23.5 Å². The topological polar surface area (TPSA) is 9.23 Å². The van der Waals surface area contributed by atoms with Crippen LogP contribution in [-0.2, 0) is 4.74 Å². The molecule has 0 aromatic carbocycles. The van der Waals surface area contributed by atoms with E-state index >= 15 is 0 Å². The van der Waals surface area contributed by atoms with Crippen LogP contribution < -0.4 is 0 Å². The van der Waals surface area contributed by atoms with Gasteiger partial charge in [0.15, 0.2) is 0 Å². The standard InChI is InChI=1S/C7H10O.BF4/c1-6-3-4-8-7(2)5-6;2-1(3,4)5/h3,5H,4H2,1-2H3;/q;-1. The maximum atomic E-state index is 9.75. The second-order valence-electron chi connectivity index (χ2n) is 2.51. The second-order valence-corrected chi connectivity index (χ2v) is 2.51. The summed E-state index contributed by atoms with van der Waals surface area (Å²) in [7, 11) is -6.00. The number of rotatable bonds is 0. The third-order valence-electron chi connectivity index (χ3n) is 1.15. The zero-order valence-electron chi connectivity index (χ0n) is 7.36. The highest BCUT2D eigenvalue weighted by Gasteiger charge is 2.20. The van der Waals surface area contributed by atoms with Crippen molar-refractivity contribution in [3.05, 3.63) is 23.5 Å². The molecule has 6 heteroatoms. The van der Waals surface area contributed by atoms with Crippen LogP contribution in [0.2, 0.25) is 0 Å². The van der Waals surface area contributed by atoms with Crippen molar-refractivity contribution in [2.24, 2.45) is 0 Å². The molecule has 0 fully saturated rings.